The highest BCUT2D eigenvalue weighted by Gasteiger charge is 2.28. The lowest BCUT2D eigenvalue weighted by Crippen LogP contribution is -2.16. The molecule has 0 radical (unpaired) electrons. The quantitative estimate of drug-likeness (QED) is 0.876. The van der Waals surface area contributed by atoms with Crippen LogP contribution in [-0.4, -0.2) is 34.3 Å². The highest BCUT2D eigenvalue weighted by atomic mass is 79.9. The molecule has 3 rings (SSSR count). The molecule has 1 aliphatic rings. The van der Waals surface area contributed by atoms with Crippen LogP contribution in [0.3, 0.4) is 0 Å². The Kier molecular flexibility index (Phi) is 3.98. The number of ether oxygens (including phenoxy) is 2. The molecule has 6 nitrogen and oxygen atoms in total. The first-order valence-electron chi connectivity index (χ1n) is 6.46. The number of aromatic nitrogens is 4. The highest BCUT2D eigenvalue weighted by molar-refractivity contribution is 9.10. The highest BCUT2D eigenvalue weighted by Crippen LogP contribution is 2.45. The Morgan fingerprint density at radius 3 is 2.95 bits per heavy atom. The SMILES string of the molecule is COC[C@@H](Oc1ccc(Br)cc1C1CC1)c1nn[nH]n1. The zero-order valence-corrected chi connectivity index (χ0v) is 12.6. The van der Waals surface area contributed by atoms with Gasteiger partial charge in [-0.3, -0.25) is 0 Å². The topological polar surface area (TPSA) is 72.9 Å². The smallest absolute Gasteiger partial charge is 0.217 e. The van der Waals surface area contributed by atoms with Gasteiger partial charge in [0.25, 0.3) is 0 Å². The first kappa shape index (κ1) is 13.5. The molecule has 0 bridgehead atoms. The van der Waals surface area contributed by atoms with E-state index in [0.717, 1.165) is 10.2 Å². The van der Waals surface area contributed by atoms with Gasteiger partial charge in [-0.2, -0.15) is 5.21 Å². The number of nitrogens with zero attached hydrogens (tertiary/aromatic N) is 3. The third-order valence-electron chi connectivity index (χ3n) is 3.23. The largest absolute Gasteiger partial charge is 0.480 e. The number of H-pyrrole nitrogens is 1. The van der Waals surface area contributed by atoms with E-state index in [1.807, 2.05) is 12.1 Å². The van der Waals surface area contributed by atoms with Crippen molar-refractivity contribution in [1.29, 1.82) is 0 Å². The summed E-state index contributed by atoms with van der Waals surface area (Å²) in [5.41, 5.74) is 1.23. The summed E-state index contributed by atoms with van der Waals surface area (Å²) in [5, 5.41) is 14.0. The summed E-state index contributed by atoms with van der Waals surface area (Å²) in [5.74, 6) is 1.95. The first-order valence-corrected chi connectivity index (χ1v) is 7.25. The van der Waals surface area contributed by atoms with Crippen molar-refractivity contribution in [2.45, 2.75) is 24.9 Å². The predicted molar refractivity (Wildman–Crippen MR) is 75.5 cm³/mol. The fourth-order valence-corrected chi connectivity index (χ4v) is 2.49. The lowest BCUT2D eigenvalue weighted by molar-refractivity contribution is 0.0750. The molecule has 0 amide bonds. The van der Waals surface area contributed by atoms with E-state index in [9.17, 15) is 0 Å². The normalized spacial score (nSPS) is 16.1. The summed E-state index contributed by atoms with van der Waals surface area (Å²) in [6, 6.07) is 6.06. The standard InChI is InChI=1S/C13H15BrN4O2/c1-19-7-12(13-15-17-18-16-13)20-11-5-4-9(14)6-10(11)8-2-3-8/h4-6,8,12H,2-3,7H2,1H3,(H,15,16,17,18)/t12-/m1/s1. The van der Waals surface area contributed by atoms with E-state index >= 15 is 0 Å². The Morgan fingerprint density at radius 1 is 1.45 bits per heavy atom. The molecule has 0 saturated heterocycles. The molecular formula is C13H15BrN4O2. The Hall–Kier alpha value is -1.47. The van der Waals surface area contributed by atoms with Crippen LogP contribution < -0.4 is 4.74 Å². The lowest BCUT2D eigenvalue weighted by atomic mass is 10.1. The van der Waals surface area contributed by atoms with Crippen molar-refractivity contribution in [3.05, 3.63) is 34.1 Å². The Bertz CT molecular complexity index is 572. The Labute approximate surface area is 125 Å². The van der Waals surface area contributed by atoms with E-state index in [1.54, 1.807) is 7.11 Å². The molecule has 1 N–H and O–H groups in total. The van der Waals surface area contributed by atoms with Gasteiger partial charge in [-0.15, -0.1) is 10.2 Å². The van der Waals surface area contributed by atoms with Gasteiger partial charge in [0, 0.05) is 11.6 Å². The summed E-state index contributed by atoms with van der Waals surface area (Å²) in [6.45, 7) is 0.375. The van der Waals surface area contributed by atoms with Gasteiger partial charge in [0.1, 0.15) is 5.75 Å². The fourth-order valence-electron chi connectivity index (χ4n) is 2.11. The predicted octanol–water partition coefficient (Wildman–Crippen LogP) is 2.61. The number of benzene rings is 1. The number of rotatable bonds is 6. The Morgan fingerprint density at radius 2 is 2.30 bits per heavy atom. The molecule has 2 aromatic rings. The van der Waals surface area contributed by atoms with Crippen LogP contribution >= 0.6 is 15.9 Å². The van der Waals surface area contributed by atoms with Crippen molar-refractivity contribution in [1.82, 2.24) is 20.6 Å². The molecular weight excluding hydrogens is 324 g/mol. The fraction of sp³-hybridized carbons (Fsp3) is 0.462. The van der Waals surface area contributed by atoms with E-state index in [4.69, 9.17) is 9.47 Å². The molecule has 106 valence electrons. The molecule has 1 atom stereocenters. The van der Waals surface area contributed by atoms with E-state index in [2.05, 4.69) is 42.6 Å². The van der Waals surface area contributed by atoms with Crippen molar-refractivity contribution in [3.8, 4) is 5.75 Å². The zero-order valence-electron chi connectivity index (χ0n) is 11.0. The third kappa shape index (κ3) is 2.99. The van der Waals surface area contributed by atoms with Gasteiger partial charge in [0.2, 0.25) is 5.82 Å². The number of hydrogen-bond donors (Lipinski definition) is 1. The van der Waals surface area contributed by atoms with Gasteiger partial charge in [-0.1, -0.05) is 21.1 Å². The summed E-state index contributed by atoms with van der Waals surface area (Å²) in [6.07, 6.45) is 2.06. The summed E-state index contributed by atoms with van der Waals surface area (Å²) in [4.78, 5) is 0. The van der Waals surface area contributed by atoms with Gasteiger partial charge in [-0.05, 0) is 42.5 Å². The van der Waals surface area contributed by atoms with Crippen LogP contribution in [0.15, 0.2) is 22.7 Å². The molecule has 0 spiro atoms. The van der Waals surface area contributed by atoms with Crippen LogP contribution in [0.2, 0.25) is 0 Å². The summed E-state index contributed by atoms with van der Waals surface area (Å²) in [7, 11) is 1.62. The van der Waals surface area contributed by atoms with Crippen molar-refractivity contribution in [2.75, 3.05) is 13.7 Å². The lowest BCUT2D eigenvalue weighted by Gasteiger charge is -2.18. The van der Waals surface area contributed by atoms with Gasteiger partial charge in [0.05, 0.1) is 6.61 Å². The van der Waals surface area contributed by atoms with E-state index in [1.165, 1.54) is 18.4 Å². The maximum Gasteiger partial charge on any atom is 0.217 e. The van der Waals surface area contributed by atoms with Crippen molar-refractivity contribution < 1.29 is 9.47 Å². The maximum atomic E-state index is 6.06. The number of nitrogens with one attached hydrogen (secondary N) is 1. The van der Waals surface area contributed by atoms with Gasteiger partial charge < -0.3 is 9.47 Å². The van der Waals surface area contributed by atoms with E-state index in [-0.39, 0.29) is 6.10 Å². The second-order valence-corrected chi connectivity index (χ2v) is 5.70. The monoisotopic (exact) mass is 338 g/mol. The van der Waals surface area contributed by atoms with Crippen LogP contribution in [0.5, 0.6) is 5.75 Å². The second-order valence-electron chi connectivity index (χ2n) is 4.79. The van der Waals surface area contributed by atoms with Crippen molar-refractivity contribution in [2.24, 2.45) is 0 Å². The van der Waals surface area contributed by atoms with Gasteiger partial charge >= 0.3 is 0 Å². The molecule has 1 saturated carbocycles. The first-order chi connectivity index (χ1) is 9.78. The number of tetrazole rings is 1. The second kappa shape index (κ2) is 5.88. The van der Waals surface area contributed by atoms with E-state index < -0.39 is 0 Å². The maximum absolute atomic E-state index is 6.06. The molecule has 1 aliphatic carbocycles. The average molecular weight is 339 g/mol. The molecule has 1 fully saturated rings. The molecule has 1 aromatic heterocycles. The molecule has 1 heterocycles. The molecule has 20 heavy (non-hydrogen) atoms. The minimum Gasteiger partial charge on any atom is -0.480 e. The number of halogens is 1. The number of aromatic amines is 1. The summed E-state index contributed by atoms with van der Waals surface area (Å²) < 4.78 is 12.3. The minimum absolute atomic E-state index is 0.363. The Balaban J connectivity index is 1.85. The molecule has 1 aromatic carbocycles. The van der Waals surface area contributed by atoms with Crippen LogP contribution in [-0.2, 0) is 4.74 Å². The van der Waals surface area contributed by atoms with Crippen molar-refractivity contribution >= 4 is 15.9 Å². The average Bonchev–Trinajstić information content (AvgIpc) is 3.15. The minimum atomic E-state index is -0.363. The zero-order chi connectivity index (χ0) is 13.9. The number of hydrogen-bond acceptors (Lipinski definition) is 5. The number of methoxy groups -OCH3 is 1. The van der Waals surface area contributed by atoms with Gasteiger partial charge in [0.15, 0.2) is 6.10 Å². The molecule has 0 unspecified atom stereocenters. The summed E-state index contributed by atoms with van der Waals surface area (Å²) >= 11 is 3.51. The third-order valence-corrected chi connectivity index (χ3v) is 3.72. The van der Waals surface area contributed by atoms with Crippen LogP contribution in [0.4, 0.5) is 0 Å². The van der Waals surface area contributed by atoms with E-state index in [0.29, 0.717) is 18.3 Å². The molecule has 0 aliphatic heterocycles. The van der Waals surface area contributed by atoms with Crippen molar-refractivity contribution in [3.63, 3.8) is 0 Å². The van der Waals surface area contributed by atoms with Crippen LogP contribution in [0.25, 0.3) is 0 Å². The van der Waals surface area contributed by atoms with Gasteiger partial charge in [-0.25, -0.2) is 0 Å². The van der Waals surface area contributed by atoms with Crippen LogP contribution in [0, 0.1) is 0 Å². The van der Waals surface area contributed by atoms with Crippen LogP contribution in [0.1, 0.15) is 36.3 Å². The molecule has 7 heteroatoms.